The molecule has 0 N–H and O–H groups in total. The fraction of sp³-hybridized carbons (Fsp3) is 0.769. The molecule has 0 aromatic heterocycles. The Morgan fingerprint density at radius 1 is 1.36 bits per heavy atom. The summed E-state index contributed by atoms with van der Waals surface area (Å²) in [7, 11) is 0. The minimum atomic E-state index is 0.172. The molecule has 0 aromatic carbocycles. The third-order valence-electron chi connectivity index (χ3n) is 4.61. The fourth-order valence-corrected chi connectivity index (χ4v) is 3.01. The zero-order valence-electron chi connectivity index (χ0n) is 9.38. The lowest BCUT2D eigenvalue weighted by molar-refractivity contribution is 0.0581. The van der Waals surface area contributed by atoms with Crippen molar-refractivity contribution in [3.05, 3.63) is 12.2 Å². The molecule has 3 aliphatic carbocycles. The number of nitrogens with zero attached hydrogens (tertiary/aromatic N) is 1. The standard InChI is InChI=1S/C13H19N/c1-10(2)13-6-4-12(3,5-7-13)11(8-13)9-14/h4,6,10-11H,5,7-8H2,1-3H3. The topological polar surface area (TPSA) is 23.8 Å². The maximum atomic E-state index is 9.19. The van der Waals surface area contributed by atoms with Crippen molar-refractivity contribution in [3.63, 3.8) is 0 Å². The quantitative estimate of drug-likeness (QED) is 0.579. The Labute approximate surface area is 86.8 Å². The molecule has 3 rings (SSSR count). The summed E-state index contributed by atoms with van der Waals surface area (Å²) in [6.45, 7) is 6.81. The van der Waals surface area contributed by atoms with E-state index < -0.39 is 0 Å². The van der Waals surface area contributed by atoms with E-state index in [0.717, 1.165) is 6.42 Å². The van der Waals surface area contributed by atoms with Gasteiger partial charge in [0.15, 0.2) is 0 Å². The number of allylic oxidation sites excluding steroid dienone is 2. The van der Waals surface area contributed by atoms with Crippen LogP contribution in [0.25, 0.3) is 0 Å². The summed E-state index contributed by atoms with van der Waals surface area (Å²) in [5.74, 6) is 0.906. The summed E-state index contributed by atoms with van der Waals surface area (Å²) in [6.07, 6.45) is 8.26. The zero-order chi connectivity index (χ0) is 10.4. The van der Waals surface area contributed by atoms with Crippen LogP contribution < -0.4 is 0 Å². The molecule has 0 heterocycles. The van der Waals surface area contributed by atoms with Gasteiger partial charge in [-0.3, -0.25) is 0 Å². The lowest BCUT2D eigenvalue weighted by Gasteiger charge is -2.52. The van der Waals surface area contributed by atoms with E-state index in [1.54, 1.807) is 0 Å². The second-order valence-electron chi connectivity index (χ2n) is 5.61. The van der Waals surface area contributed by atoms with Crippen LogP contribution in [0, 0.1) is 34.0 Å². The zero-order valence-corrected chi connectivity index (χ0v) is 9.38. The van der Waals surface area contributed by atoms with Gasteiger partial charge in [0, 0.05) is 5.41 Å². The molecule has 0 spiro atoms. The monoisotopic (exact) mass is 189 g/mol. The van der Waals surface area contributed by atoms with Crippen molar-refractivity contribution in [2.75, 3.05) is 0 Å². The highest BCUT2D eigenvalue weighted by molar-refractivity contribution is 5.22. The lowest BCUT2D eigenvalue weighted by atomic mass is 9.51. The average Bonchev–Trinajstić information content (AvgIpc) is 2.18. The summed E-state index contributed by atoms with van der Waals surface area (Å²) in [5.41, 5.74) is 0.504. The van der Waals surface area contributed by atoms with Crippen molar-refractivity contribution in [1.82, 2.24) is 0 Å². The Hall–Kier alpha value is -0.770. The molecule has 76 valence electrons. The van der Waals surface area contributed by atoms with Gasteiger partial charge >= 0.3 is 0 Å². The van der Waals surface area contributed by atoms with Crippen LogP contribution in [0.5, 0.6) is 0 Å². The summed E-state index contributed by atoms with van der Waals surface area (Å²) in [5, 5.41) is 9.19. The van der Waals surface area contributed by atoms with Gasteiger partial charge in [-0.2, -0.15) is 5.26 Å². The van der Waals surface area contributed by atoms with Crippen LogP contribution in [0.3, 0.4) is 0 Å². The van der Waals surface area contributed by atoms with Crippen LogP contribution in [0.15, 0.2) is 12.2 Å². The first-order valence-electron chi connectivity index (χ1n) is 5.62. The first-order chi connectivity index (χ1) is 6.52. The maximum Gasteiger partial charge on any atom is 0.0665 e. The molecule has 3 atom stereocenters. The van der Waals surface area contributed by atoms with Gasteiger partial charge in [-0.25, -0.2) is 0 Å². The van der Waals surface area contributed by atoms with Crippen LogP contribution in [-0.4, -0.2) is 0 Å². The number of hydrogen-bond acceptors (Lipinski definition) is 1. The molecule has 2 bridgehead atoms. The Morgan fingerprint density at radius 3 is 2.50 bits per heavy atom. The van der Waals surface area contributed by atoms with Crippen LogP contribution in [-0.2, 0) is 0 Å². The fourth-order valence-electron chi connectivity index (χ4n) is 3.01. The number of nitriles is 1. The van der Waals surface area contributed by atoms with Crippen LogP contribution >= 0.6 is 0 Å². The van der Waals surface area contributed by atoms with E-state index in [1.807, 2.05) is 0 Å². The Balaban J connectivity index is 2.38. The second kappa shape index (κ2) is 2.86. The van der Waals surface area contributed by atoms with Crippen LogP contribution in [0.2, 0.25) is 0 Å². The minimum Gasteiger partial charge on any atom is -0.198 e. The van der Waals surface area contributed by atoms with E-state index in [2.05, 4.69) is 39.0 Å². The summed E-state index contributed by atoms with van der Waals surface area (Å²) < 4.78 is 0. The van der Waals surface area contributed by atoms with E-state index in [0.29, 0.717) is 11.3 Å². The van der Waals surface area contributed by atoms with Crippen molar-refractivity contribution in [1.29, 1.82) is 5.26 Å². The number of rotatable bonds is 1. The Morgan fingerprint density at radius 2 is 2.07 bits per heavy atom. The van der Waals surface area contributed by atoms with Gasteiger partial charge in [-0.1, -0.05) is 32.9 Å². The molecular formula is C13H19N. The highest BCUT2D eigenvalue weighted by Crippen LogP contribution is 2.57. The molecular weight excluding hydrogens is 170 g/mol. The lowest BCUT2D eigenvalue weighted by Crippen LogP contribution is -2.44. The molecule has 3 aliphatic rings. The van der Waals surface area contributed by atoms with Gasteiger partial charge in [-0.05, 0) is 30.6 Å². The SMILES string of the molecule is CC(C)C12C=CC(C)(CC1)C(C#N)C2. The van der Waals surface area contributed by atoms with Gasteiger partial charge in [0.1, 0.15) is 0 Å². The molecule has 1 heteroatoms. The van der Waals surface area contributed by atoms with Gasteiger partial charge in [0.25, 0.3) is 0 Å². The van der Waals surface area contributed by atoms with Crippen LogP contribution in [0.1, 0.15) is 40.0 Å². The molecule has 0 aromatic rings. The highest BCUT2D eigenvalue weighted by atomic mass is 14.5. The smallest absolute Gasteiger partial charge is 0.0665 e. The van der Waals surface area contributed by atoms with Crippen LogP contribution in [0.4, 0.5) is 0 Å². The van der Waals surface area contributed by atoms with E-state index >= 15 is 0 Å². The van der Waals surface area contributed by atoms with Gasteiger partial charge in [0.05, 0.1) is 12.0 Å². The summed E-state index contributed by atoms with van der Waals surface area (Å²) in [6, 6.07) is 2.50. The van der Waals surface area contributed by atoms with Crippen molar-refractivity contribution >= 4 is 0 Å². The van der Waals surface area contributed by atoms with E-state index in [-0.39, 0.29) is 11.3 Å². The predicted molar refractivity (Wildman–Crippen MR) is 57.5 cm³/mol. The molecule has 1 nitrogen and oxygen atoms in total. The van der Waals surface area contributed by atoms with Crippen molar-refractivity contribution in [2.24, 2.45) is 22.7 Å². The van der Waals surface area contributed by atoms with E-state index in [9.17, 15) is 5.26 Å². The molecule has 1 saturated carbocycles. The maximum absolute atomic E-state index is 9.19. The Bertz CT molecular complexity index is 310. The third kappa shape index (κ3) is 1.13. The van der Waals surface area contributed by atoms with E-state index in [1.165, 1.54) is 12.8 Å². The number of fused-ring (bicyclic) bond motifs is 2. The first kappa shape index (κ1) is 9.77. The Kier molecular flexibility index (Phi) is 2.00. The van der Waals surface area contributed by atoms with Gasteiger partial charge < -0.3 is 0 Å². The highest BCUT2D eigenvalue weighted by Gasteiger charge is 2.49. The normalized spacial score (nSPS) is 45.5. The van der Waals surface area contributed by atoms with Crippen molar-refractivity contribution < 1.29 is 0 Å². The predicted octanol–water partition coefficient (Wildman–Crippen LogP) is 3.53. The molecule has 0 radical (unpaired) electrons. The molecule has 0 saturated heterocycles. The van der Waals surface area contributed by atoms with Crippen molar-refractivity contribution in [2.45, 2.75) is 40.0 Å². The number of hydrogen-bond donors (Lipinski definition) is 0. The van der Waals surface area contributed by atoms with Gasteiger partial charge in [-0.15, -0.1) is 0 Å². The average molecular weight is 189 g/mol. The van der Waals surface area contributed by atoms with E-state index in [4.69, 9.17) is 0 Å². The minimum absolute atomic E-state index is 0.172. The van der Waals surface area contributed by atoms with Gasteiger partial charge in [0.2, 0.25) is 0 Å². The molecule has 3 unspecified atom stereocenters. The molecule has 0 aliphatic heterocycles. The summed E-state index contributed by atoms with van der Waals surface area (Å²) in [4.78, 5) is 0. The second-order valence-corrected chi connectivity index (χ2v) is 5.61. The summed E-state index contributed by atoms with van der Waals surface area (Å²) >= 11 is 0. The molecule has 1 fully saturated rings. The third-order valence-corrected chi connectivity index (χ3v) is 4.61. The largest absolute Gasteiger partial charge is 0.198 e. The molecule has 0 amide bonds. The van der Waals surface area contributed by atoms with Crippen molar-refractivity contribution in [3.8, 4) is 6.07 Å². The first-order valence-corrected chi connectivity index (χ1v) is 5.62. The molecule has 14 heavy (non-hydrogen) atoms.